The molecule has 0 aliphatic heterocycles. The highest BCUT2D eigenvalue weighted by molar-refractivity contribution is 5.71. The van der Waals surface area contributed by atoms with E-state index < -0.39 is 12.1 Å². The number of aliphatic hydroxyl groups is 1. The van der Waals surface area contributed by atoms with E-state index in [1.54, 1.807) is 6.33 Å². The van der Waals surface area contributed by atoms with Crippen molar-refractivity contribution in [2.24, 2.45) is 5.92 Å². The van der Waals surface area contributed by atoms with Crippen molar-refractivity contribution in [3.63, 3.8) is 0 Å². The molecule has 1 aliphatic carbocycles. The van der Waals surface area contributed by atoms with Crippen LogP contribution in [0.15, 0.2) is 6.33 Å². The van der Waals surface area contributed by atoms with Crippen molar-refractivity contribution in [2.75, 3.05) is 0 Å². The van der Waals surface area contributed by atoms with Gasteiger partial charge in [0.05, 0.1) is 0 Å². The summed E-state index contributed by atoms with van der Waals surface area (Å²) in [7, 11) is 0. The van der Waals surface area contributed by atoms with Crippen LogP contribution in [0.25, 0.3) is 0 Å². The number of carbonyl (C=O) groups is 1. The summed E-state index contributed by atoms with van der Waals surface area (Å²) in [6.07, 6.45) is 6.45. The Kier molecular flexibility index (Phi) is 4.30. The maximum absolute atomic E-state index is 10.5. The van der Waals surface area contributed by atoms with Crippen LogP contribution in [0.2, 0.25) is 0 Å². The van der Waals surface area contributed by atoms with E-state index in [1.165, 1.54) is 25.7 Å². The Morgan fingerprint density at radius 3 is 2.89 bits per heavy atom. The first-order chi connectivity index (χ1) is 8.66. The third-order valence-electron chi connectivity index (χ3n) is 3.57. The SMILES string of the molecule is O=C(O)C(O)CCn1cnnc1CC1CCCC1. The zero-order valence-corrected chi connectivity index (χ0v) is 10.3. The molecule has 1 aromatic heterocycles. The average Bonchev–Trinajstić information content (AvgIpc) is 2.98. The lowest BCUT2D eigenvalue weighted by atomic mass is 10.0. The monoisotopic (exact) mass is 253 g/mol. The number of carboxylic acids is 1. The highest BCUT2D eigenvalue weighted by atomic mass is 16.4. The molecule has 2 N–H and O–H groups in total. The first-order valence-corrected chi connectivity index (χ1v) is 6.44. The fourth-order valence-electron chi connectivity index (χ4n) is 2.48. The van der Waals surface area contributed by atoms with Gasteiger partial charge < -0.3 is 14.8 Å². The molecule has 0 amide bonds. The van der Waals surface area contributed by atoms with Crippen molar-refractivity contribution < 1.29 is 15.0 Å². The van der Waals surface area contributed by atoms with Crippen LogP contribution in [0.4, 0.5) is 0 Å². The normalized spacial score (nSPS) is 18.1. The first-order valence-electron chi connectivity index (χ1n) is 6.44. The van der Waals surface area contributed by atoms with E-state index in [0.717, 1.165) is 12.2 Å². The predicted octanol–water partition coefficient (Wildman–Crippen LogP) is 0.846. The third-order valence-corrected chi connectivity index (χ3v) is 3.57. The van der Waals surface area contributed by atoms with Crippen LogP contribution in [-0.4, -0.2) is 37.1 Å². The molecule has 1 saturated carbocycles. The van der Waals surface area contributed by atoms with E-state index in [9.17, 15) is 9.90 Å². The van der Waals surface area contributed by atoms with Gasteiger partial charge in [-0.1, -0.05) is 25.7 Å². The van der Waals surface area contributed by atoms with Gasteiger partial charge in [0, 0.05) is 19.4 Å². The predicted molar refractivity (Wildman–Crippen MR) is 63.9 cm³/mol. The molecule has 6 nitrogen and oxygen atoms in total. The molecule has 1 aliphatic rings. The van der Waals surface area contributed by atoms with Crippen molar-refractivity contribution in [3.05, 3.63) is 12.2 Å². The van der Waals surface area contributed by atoms with Gasteiger partial charge in [0.25, 0.3) is 0 Å². The van der Waals surface area contributed by atoms with Gasteiger partial charge in [0.15, 0.2) is 6.10 Å². The number of hydrogen-bond donors (Lipinski definition) is 2. The van der Waals surface area contributed by atoms with Crippen molar-refractivity contribution in [2.45, 2.75) is 51.2 Å². The summed E-state index contributed by atoms with van der Waals surface area (Å²) in [6, 6.07) is 0. The van der Waals surface area contributed by atoms with Gasteiger partial charge in [-0.15, -0.1) is 10.2 Å². The van der Waals surface area contributed by atoms with Gasteiger partial charge in [0.1, 0.15) is 12.2 Å². The molecule has 0 bridgehead atoms. The van der Waals surface area contributed by atoms with Crippen LogP contribution < -0.4 is 0 Å². The molecule has 1 unspecified atom stereocenters. The second-order valence-corrected chi connectivity index (χ2v) is 4.94. The van der Waals surface area contributed by atoms with Gasteiger partial charge in [-0.2, -0.15) is 0 Å². The van der Waals surface area contributed by atoms with Gasteiger partial charge >= 0.3 is 5.97 Å². The van der Waals surface area contributed by atoms with Crippen molar-refractivity contribution in [3.8, 4) is 0 Å². The first kappa shape index (κ1) is 13.0. The Bertz CT molecular complexity index is 399. The molecule has 0 spiro atoms. The molecule has 2 rings (SSSR count). The molecule has 1 atom stereocenters. The number of aliphatic carboxylic acids is 1. The number of aromatic nitrogens is 3. The Hall–Kier alpha value is -1.43. The van der Waals surface area contributed by atoms with Gasteiger partial charge in [-0.3, -0.25) is 0 Å². The molecule has 6 heteroatoms. The zero-order chi connectivity index (χ0) is 13.0. The Labute approximate surface area is 106 Å². The van der Waals surface area contributed by atoms with Crippen LogP contribution >= 0.6 is 0 Å². The van der Waals surface area contributed by atoms with Crippen LogP contribution in [0, 0.1) is 5.92 Å². The summed E-state index contributed by atoms with van der Waals surface area (Å²) in [4.78, 5) is 10.5. The van der Waals surface area contributed by atoms with Crippen molar-refractivity contribution >= 4 is 5.97 Å². The largest absolute Gasteiger partial charge is 0.479 e. The number of hydrogen-bond acceptors (Lipinski definition) is 4. The molecule has 1 aromatic rings. The highest BCUT2D eigenvalue weighted by Gasteiger charge is 2.19. The molecule has 1 fully saturated rings. The Balaban J connectivity index is 1.88. The number of aryl methyl sites for hydroxylation is 1. The second-order valence-electron chi connectivity index (χ2n) is 4.94. The third kappa shape index (κ3) is 3.29. The van der Waals surface area contributed by atoms with Crippen molar-refractivity contribution in [1.82, 2.24) is 14.8 Å². The summed E-state index contributed by atoms with van der Waals surface area (Å²) in [5.41, 5.74) is 0. The minimum Gasteiger partial charge on any atom is -0.479 e. The number of nitrogens with zero attached hydrogens (tertiary/aromatic N) is 3. The van der Waals surface area contributed by atoms with E-state index in [2.05, 4.69) is 10.2 Å². The summed E-state index contributed by atoms with van der Waals surface area (Å²) >= 11 is 0. The van der Waals surface area contributed by atoms with Crippen LogP contribution in [0.5, 0.6) is 0 Å². The van der Waals surface area contributed by atoms with E-state index in [4.69, 9.17) is 5.11 Å². The number of aliphatic hydroxyl groups excluding tert-OH is 1. The topological polar surface area (TPSA) is 88.2 Å². The van der Waals surface area contributed by atoms with Crippen molar-refractivity contribution in [1.29, 1.82) is 0 Å². The lowest BCUT2D eigenvalue weighted by Crippen LogP contribution is -2.22. The second kappa shape index (κ2) is 5.95. The Morgan fingerprint density at radius 1 is 1.50 bits per heavy atom. The van der Waals surface area contributed by atoms with Crippen LogP contribution in [-0.2, 0) is 17.8 Å². The fourth-order valence-corrected chi connectivity index (χ4v) is 2.48. The molecule has 100 valence electrons. The standard InChI is InChI=1S/C12H19N3O3/c16-10(12(17)18)5-6-15-8-13-14-11(15)7-9-3-1-2-4-9/h8-10,16H,1-7H2,(H,17,18). The Morgan fingerprint density at radius 2 is 2.22 bits per heavy atom. The van der Waals surface area contributed by atoms with E-state index in [0.29, 0.717) is 12.5 Å². The lowest BCUT2D eigenvalue weighted by Gasteiger charge is -2.11. The lowest BCUT2D eigenvalue weighted by molar-refractivity contribution is -0.147. The zero-order valence-electron chi connectivity index (χ0n) is 10.3. The summed E-state index contributed by atoms with van der Waals surface area (Å²) in [5.74, 6) is 0.400. The van der Waals surface area contributed by atoms with Gasteiger partial charge in [-0.25, -0.2) is 4.79 Å². The maximum atomic E-state index is 10.5. The van der Waals surface area contributed by atoms with Gasteiger partial charge in [-0.05, 0) is 5.92 Å². The van der Waals surface area contributed by atoms with Crippen LogP contribution in [0.1, 0.15) is 37.9 Å². The minimum absolute atomic E-state index is 0.186. The molecular formula is C12H19N3O3. The minimum atomic E-state index is -1.31. The molecule has 0 aromatic carbocycles. The smallest absolute Gasteiger partial charge is 0.332 e. The van der Waals surface area contributed by atoms with E-state index in [-0.39, 0.29) is 6.42 Å². The molecular weight excluding hydrogens is 234 g/mol. The average molecular weight is 253 g/mol. The van der Waals surface area contributed by atoms with E-state index >= 15 is 0 Å². The van der Waals surface area contributed by atoms with E-state index in [1.807, 2.05) is 4.57 Å². The molecule has 18 heavy (non-hydrogen) atoms. The molecule has 1 heterocycles. The summed E-state index contributed by atoms with van der Waals surface area (Å²) in [6.45, 7) is 0.447. The maximum Gasteiger partial charge on any atom is 0.332 e. The highest BCUT2D eigenvalue weighted by Crippen LogP contribution is 2.27. The quantitative estimate of drug-likeness (QED) is 0.784. The van der Waals surface area contributed by atoms with Gasteiger partial charge in [0.2, 0.25) is 0 Å². The number of rotatable bonds is 6. The number of carboxylic acid groups (broad SMARTS) is 1. The molecule has 0 radical (unpaired) electrons. The summed E-state index contributed by atoms with van der Waals surface area (Å²) < 4.78 is 1.85. The van der Waals surface area contributed by atoms with Crippen LogP contribution in [0.3, 0.4) is 0 Å². The summed E-state index contributed by atoms with van der Waals surface area (Å²) in [5, 5.41) is 25.8. The fraction of sp³-hybridized carbons (Fsp3) is 0.750. The molecule has 0 saturated heterocycles.